The van der Waals surface area contributed by atoms with Crippen LogP contribution in [0.3, 0.4) is 0 Å². The fraction of sp³-hybridized carbons (Fsp3) is 0.250. The number of benzene rings is 1. The molecule has 0 saturated carbocycles. The Hall–Kier alpha value is -3.22. The van der Waals surface area contributed by atoms with Crippen molar-refractivity contribution >= 4 is 12.1 Å². The van der Waals surface area contributed by atoms with Gasteiger partial charge in [0.1, 0.15) is 11.6 Å². The zero-order chi connectivity index (χ0) is 19.6. The number of rotatable bonds is 5. The minimum atomic E-state index is -0.391. The average Bonchev–Trinajstić information content (AvgIpc) is 3.20. The van der Waals surface area contributed by atoms with Gasteiger partial charge in [-0.05, 0) is 58.0 Å². The largest absolute Gasteiger partial charge is 0.303 e. The van der Waals surface area contributed by atoms with Gasteiger partial charge >= 0.3 is 0 Å². The molecule has 0 saturated heterocycles. The zero-order valence-electron chi connectivity index (χ0n) is 15.8. The number of carbonyl (C=O) groups excluding carboxylic acids is 1. The summed E-state index contributed by atoms with van der Waals surface area (Å²) in [6.45, 7) is 8.17. The fourth-order valence-corrected chi connectivity index (χ4v) is 2.98. The smallest absolute Gasteiger partial charge is 0.271 e. The van der Waals surface area contributed by atoms with E-state index in [1.165, 1.54) is 24.3 Å². The van der Waals surface area contributed by atoms with E-state index in [0.29, 0.717) is 5.56 Å². The lowest BCUT2D eigenvalue weighted by Crippen LogP contribution is -2.17. The second kappa shape index (κ2) is 7.57. The Labute approximate surface area is 157 Å². The predicted molar refractivity (Wildman–Crippen MR) is 103 cm³/mol. The van der Waals surface area contributed by atoms with Crippen LogP contribution in [-0.4, -0.2) is 26.5 Å². The van der Waals surface area contributed by atoms with E-state index in [-0.39, 0.29) is 11.9 Å². The third-order valence-corrected chi connectivity index (χ3v) is 4.31. The summed E-state index contributed by atoms with van der Waals surface area (Å²) in [7, 11) is 0. The van der Waals surface area contributed by atoms with Gasteiger partial charge in [0.05, 0.1) is 12.4 Å². The van der Waals surface area contributed by atoms with E-state index in [9.17, 15) is 9.18 Å². The Kier molecular flexibility index (Phi) is 5.21. The van der Waals surface area contributed by atoms with Gasteiger partial charge in [0.2, 0.25) is 0 Å². The van der Waals surface area contributed by atoms with Crippen molar-refractivity contribution < 1.29 is 9.18 Å². The molecular formula is C20H22FN5O. The fourth-order valence-electron chi connectivity index (χ4n) is 2.98. The molecule has 27 heavy (non-hydrogen) atoms. The van der Waals surface area contributed by atoms with Gasteiger partial charge in [-0.2, -0.15) is 10.2 Å². The lowest BCUT2D eigenvalue weighted by Gasteiger charge is -2.14. The number of nitrogens with zero attached hydrogens (tertiary/aromatic N) is 4. The van der Waals surface area contributed by atoms with Crippen molar-refractivity contribution in [3.63, 3.8) is 0 Å². The number of amides is 1. The normalized spacial score (nSPS) is 11.5. The molecule has 140 valence electrons. The summed E-state index contributed by atoms with van der Waals surface area (Å²) in [4.78, 5) is 12.0. The molecule has 2 heterocycles. The van der Waals surface area contributed by atoms with Crippen molar-refractivity contribution in [3.8, 4) is 5.82 Å². The zero-order valence-corrected chi connectivity index (χ0v) is 15.8. The maximum atomic E-state index is 12.9. The number of hydrazone groups is 1. The minimum absolute atomic E-state index is 0.239. The first-order valence-electron chi connectivity index (χ1n) is 8.70. The highest BCUT2D eigenvalue weighted by Gasteiger charge is 2.14. The average molecular weight is 367 g/mol. The molecule has 0 aliphatic heterocycles. The number of carbonyl (C=O) groups is 1. The lowest BCUT2D eigenvalue weighted by molar-refractivity contribution is 0.0955. The third-order valence-electron chi connectivity index (χ3n) is 4.31. The summed E-state index contributed by atoms with van der Waals surface area (Å²) >= 11 is 0. The van der Waals surface area contributed by atoms with Crippen LogP contribution in [0.15, 0.2) is 47.7 Å². The minimum Gasteiger partial charge on any atom is -0.303 e. The summed E-state index contributed by atoms with van der Waals surface area (Å²) in [5.41, 5.74) is 5.75. The van der Waals surface area contributed by atoms with Gasteiger partial charge in [0.15, 0.2) is 0 Å². The van der Waals surface area contributed by atoms with Gasteiger partial charge in [0.25, 0.3) is 5.91 Å². The molecule has 0 aliphatic carbocycles. The van der Waals surface area contributed by atoms with Gasteiger partial charge in [-0.3, -0.25) is 4.79 Å². The van der Waals surface area contributed by atoms with Crippen LogP contribution in [0.5, 0.6) is 0 Å². The second-order valence-electron chi connectivity index (χ2n) is 6.60. The summed E-state index contributed by atoms with van der Waals surface area (Å²) < 4.78 is 17.0. The highest BCUT2D eigenvalue weighted by atomic mass is 19.1. The Balaban J connectivity index is 1.80. The second-order valence-corrected chi connectivity index (χ2v) is 6.60. The van der Waals surface area contributed by atoms with E-state index in [0.717, 1.165) is 22.8 Å². The van der Waals surface area contributed by atoms with E-state index in [4.69, 9.17) is 0 Å². The predicted octanol–water partition coefficient (Wildman–Crippen LogP) is 3.77. The Morgan fingerprint density at radius 1 is 1.22 bits per heavy atom. The van der Waals surface area contributed by atoms with Gasteiger partial charge in [-0.25, -0.2) is 14.5 Å². The SMILES string of the molecule is Cc1cc(/C=N\NC(=O)c2ccc(F)cc2)c(C)n1-c1ccnn1C(C)C. The van der Waals surface area contributed by atoms with E-state index >= 15 is 0 Å². The number of halogens is 1. The molecule has 3 rings (SSSR count). The number of aromatic nitrogens is 3. The van der Waals surface area contributed by atoms with Gasteiger partial charge in [-0.15, -0.1) is 0 Å². The quantitative estimate of drug-likeness (QED) is 0.551. The summed E-state index contributed by atoms with van der Waals surface area (Å²) in [5.74, 6) is 0.205. The molecule has 0 bridgehead atoms. The molecule has 2 aromatic heterocycles. The van der Waals surface area contributed by atoms with Crippen LogP contribution in [-0.2, 0) is 0 Å². The lowest BCUT2D eigenvalue weighted by atomic mass is 10.2. The Morgan fingerprint density at radius 3 is 2.59 bits per heavy atom. The molecule has 6 nitrogen and oxygen atoms in total. The van der Waals surface area contributed by atoms with Crippen LogP contribution < -0.4 is 5.43 Å². The molecule has 0 unspecified atom stereocenters. The van der Waals surface area contributed by atoms with Crippen molar-refractivity contribution in [3.05, 3.63) is 70.9 Å². The highest BCUT2D eigenvalue weighted by molar-refractivity contribution is 5.94. The molecule has 1 N–H and O–H groups in total. The molecule has 7 heteroatoms. The summed E-state index contributed by atoms with van der Waals surface area (Å²) in [6, 6.07) is 9.52. The first kappa shape index (κ1) is 18.6. The highest BCUT2D eigenvalue weighted by Crippen LogP contribution is 2.21. The molecule has 0 fully saturated rings. The standard InChI is InChI=1S/C20H22FN5O/c1-13(2)26-19(9-10-23-26)25-14(3)11-17(15(25)4)12-22-24-20(27)16-5-7-18(21)8-6-16/h5-13H,1-4H3,(H,24,27)/b22-12-. The molecule has 3 aromatic rings. The van der Waals surface area contributed by atoms with Crippen LogP contribution in [0, 0.1) is 19.7 Å². The summed E-state index contributed by atoms with van der Waals surface area (Å²) in [5, 5.41) is 8.43. The van der Waals surface area contributed by atoms with E-state index in [1.807, 2.05) is 30.7 Å². The van der Waals surface area contributed by atoms with Gasteiger partial charge in [0, 0.05) is 34.6 Å². The number of hydrogen-bond acceptors (Lipinski definition) is 3. The van der Waals surface area contributed by atoms with Crippen molar-refractivity contribution in [2.24, 2.45) is 5.10 Å². The van der Waals surface area contributed by atoms with Crippen molar-refractivity contribution in [1.82, 2.24) is 19.8 Å². The number of hydrogen-bond donors (Lipinski definition) is 1. The summed E-state index contributed by atoms with van der Waals surface area (Å²) in [6.07, 6.45) is 3.39. The topological polar surface area (TPSA) is 64.2 Å². The van der Waals surface area contributed by atoms with E-state index in [1.54, 1.807) is 12.4 Å². The van der Waals surface area contributed by atoms with Crippen LogP contribution in [0.4, 0.5) is 4.39 Å². The van der Waals surface area contributed by atoms with Gasteiger partial charge < -0.3 is 4.57 Å². The monoisotopic (exact) mass is 367 g/mol. The molecule has 1 amide bonds. The first-order valence-corrected chi connectivity index (χ1v) is 8.70. The van der Waals surface area contributed by atoms with Crippen molar-refractivity contribution in [1.29, 1.82) is 0 Å². The van der Waals surface area contributed by atoms with E-state index < -0.39 is 5.91 Å². The van der Waals surface area contributed by atoms with Crippen LogP contribution in [0.2, 0.25) is 0 Å². The van der Waals surface area contributed by atoms with Gasteiger partial charge in [-0.1, -0.05) is 0 Å². The maximum absolute atomic E-state index is 12.9. The molecule has 0 atom stereocenters. The number of aryl methyl sites for hydroxylation is 1. The van der Waals surface area contributed by atoms with Crippen molar-refractivity contribution in [2.75, 3.05) is 0 Å². The number of nitrogens with one attached hydrogen (secondary N) is 1. The van der Waals surface area contributed by atoms with Crippen LogP contribution in [0.25, 0.3) is 5.82 Å². The Morgan fingerprint density at radius 2 is 1.93 bits per heavy atom. The van der Waals surface area contributed by atoms with Crippen LogP contribution in [0.1, 0.15) is 47.2 Å². The molecule has 0 radical (unpaired) electrons. The first-order chi connectivity index (χ1) is 12.9. The molecule has 1 aromatic carbocycles. The molecule has 0 aliphatic rings. The third kappa shape index (κ3) is 3.81. The molecular weight excluding hydrogens is 345 g/mol. The van der Waals surface area contributed by atoms with Crippen LogP contribution >= 0.6 is 0 Å². The van der Waals surface area contributed by atoms with Crippen molar-refractivity contribution in [2.45, 2.75) is 33.7 Å². The van der Waals surface area contributed by atoms with E-state index in [2.05, 4.69) is 34.0 Å². The Bertz CT molecular complexity index is 982. The molecule has 0 spiro atoms. The maximum Gasteiger partial charge on any atom is 0.271 e.